The van der Waals surface area contributed by atoms with Crippen LogP contribution in [0.5, 0.6) is 0 Å². The number of nitrogens with one attached hydrogen (secondary N) is 1. The number of hydrogen-bond acceptors (Lipinski definition) is 2. The standard InChI is InChI=1S/C12H14N2/c1-12(7-4-8-14-12)11-6-3-2-5-10(11)9-13/h2-3,5-6,14H,4,7-8H2,1H3. The van der Waals surface area contributed by atoms with E-state index in [4.69, 9.17) is 5.26 Å². The molecule has 1 aromatic rings. The summed E-state index contributed by atoms with van der Waals surface area (Å²) in [5.74, 6) is 0. The Kier molecular flexibility index (Phi) is 2.26. The van der Waals surface area contributed by atoms with Crippen LogP contribution in [0.3, 0.4) is 0 Å². The van der Waals surface area contributed by atoms with Crippen LogP contribution in [-0.2, 0) is 5.54 Å². The van der Waals surface area contributed by atoms with Gasteiger partial charge in [0, 0.05) is 5.54 Å². The van der Waals surface area contributed by atoms with E-state index in [2.05, 4.69) is 24.4 Å². The highest BCUT2D eigenvalue weighted by molar-refractivity contribution is 5.42. The molecule has 1 unspecified atom stereocenters. The second kappa shape index (κ2) is 3.43. The van der Waals surface area contributed by atoms with E-state index < -0.39 is 0 Å². The minimum Gasteiger partial charge on any atom is -0.308 e. The maximum Gasteiger partial charge on any atom is 0.0995 e. The fourth-order valence-electron chi connectivity index (χ4n) is 2.19. The lowest BCUT2D eigenvalue weighted by Crippen LogP contribution is -2.33. The zero-order valence-electron chi connectivity index (χ0n) is 8.38. The molecule has 0 radical (unpaired) electrons. The monoisotopic (exact) mass is 186 g/mol. The van der Waals surface area contributed by atoms with Crippen LogP contribution >= 0.6 is 0 Å². The quantitative estimate of drug-likeness (QED) is 0.729. The van der Waals surface area contributed by atoms with Crippen LogP contribution in [0, 0.1) is 11.3 Å². The van der Waals surface area contributed by atoms with Gasteiger partial charge in [0.15, 0.2) is 0 Å². The summed E-state index contributed by atoms with van der Waals surface area (Å²) < 4.78 is 0. The van der Waals surface area contributed by atoms with Crippen molar-refractivity contribution in [3.8, 4) is 6.07 Å². The van der Waals surface area contributed by atoms with Gasteiger partial charge in [0.2, 0.25) is 0 Å². The Balaban J connectivity index is 2.45. The van der Waals surface area contributed by atoms with Crippen LogP contribution in [0.15, 0.2) is 24.3 Å². The van der Waals surface area contributed by atoms with Crippen LogP contribution < -0.4 is 5.32 Å². The first-order valence-electron chi connectivity index (χ1n) is 5.01. The number of hydrogen-bond donors (Lipinski definition) is 1. The van der Waals surface area contributed by atoms with Crippen molar-refractivity contribution in [2.45, 2.75) is 25.3 Å². The molecular formula is C12H14N2. The topological polar surface area (TPSA) is 35.8 Å². The van der Waals surface area contributed by atoms with E-state index in [1.807, 2.05) is 18.2 Å². The summed E-state index contributed by atoms with van der Waals surface area (Å²) in [6, 6.07) is 10.1. The highest BCUT2D eigenvalue weighted by atomic mass is 15.0. The van der Waals surface area contributed by atoms with Crippen LogP contribution in [0.1, 0.15) is 30.9 Å². The van der Waals surface area contributed by atoms with E-state index in [9.17, 15) is 0 Å². The fourth-order valence-corrected chi connectivity index (χ4v) is 2.19. The van der Waals surface area contributed by atoms with E-state index in [0.717, 1.165) is 24.1 Å². The third kappa shape index (κ3) is 1.40. The maximum atomic E-state index is 9.02. The molecule has 14 heavy (non-hydrogen) atoms. The molecule has 2 nitrogen and oxygen atoms in total. The maximum absolute atomic E-state index is 9.02. The number of nitrogens with zero attached hydrogens (tertiary/aromatic N) is 1. The van der Waals surface area contributed by atoms with Crippen molar-refractivity contribution in [2.75, 3.05) is 6.54 Å². The Morgan fingerprint density at radius 1 is 1.43 bits per heavy atom. The van der Waals surface area contributed by atoms with Gasteiger partial charge < -0.3 is 5.32 Å². The Bertz CT molecular complexity index is 370. The first-order valence-corrected chi connectivity index (χ1v) is 5.01. The predicted molar refractivity (Wildman–Crippen MR) is 55.7 cm³/mol. The molecule has 1 heterocycles. The van der Waals surface area contributed by atoms with Gasteiger partial charge in [-0.25, -0.2) is 0 Å². The molecule has 1 aliphatic rings. The van der Waals surface area contributed by atoms with Gasteiger partial charge in [0.05, 0.1) is 11.6 Å². The van der Waals surface area contributed by atoms with E-state index in [-0.39, 0.29) is 5.54 Å². The van der Waals surface area contributed by atoms with Crippen LogP contribution in [0.4, 0.5) is 0 Å². The molecule has 2 rings (SSSR count). The van der Waals surface area contributed by atoms with E-state index in [1.54, 1.807) is 0 Å². The number of rotatable bonds is 1. The fraction of sp³-hybridized carbons (Fsp3) is 0.417. The van der Waals surface area contributed by atoms with Crippen LogP contribution in [0.25, 0.3) is 0 Å². The summed E-state index contributed by atoms with van der Waals surface area (Å²) in [6.07, 6.45) is 2.31. The second-order valence-electron chi connectivity index (χ2n) is 4.02. The Morgan fingerprint density at radius 3 is 2.86 bits per heavy atom. The SMILES string of the molecule is CC1(c2ccccc2C#N)CCCN1. The molecule has 1 N–H and O–H groups in total. The van der Waals surface area contributed by atoms with Crippen molar-refractivity contribution in [3.63, 3.8) is 0 Å². The van der Waals surface area contributed by atoms with Crippen molar-refractivity contribution in [2.24, 2.45) is 0 Å². The molecule has 1 aromatic carbocycles. The van der Waals surface area contributed by atoms with Gasteiger partial charge in [-0.3, -0.25) is 0 Å². The van der Waals surface area contributed by atoms with Gasteiger partial charge in [0.1, 0.15) is 0 Å². The highest BCUT2D eigenvalue weighted by Gasteiger charge is 2.31. The molecule has 1 fully saturated rings. The summed E-state index contributed by atoms with van der Waals surface area (Å²) in [5, 5.41) is 12.5. The zero-order chi connectivity index (χ0) is 10.0. The number of benzene rings is 1. The molecule has 1 aliphatic heterocycles. The predicted octanol–water partition coefficient (Wildman–Crippen LogP) is 2.16. The summed E-state index contributed by atoms with van der Waals surface area (Å²) >= 11 is 0. The minimum atomic E-state index is 0.00627. The van der Waals surface area contributed by atoms with Crippen molar-refractivity contribution in [1.82, 2.24) is 5.32 Å². The lowest BCUT2D eigenvalue weighted by atomic mass is 9.87. The first kappa shape index (κ1) is 9.23. The molecular weight excluding hydrogens is 172 g/mol. The van der Waals surface area contributed by atoms with Crippen molar-refractivity contribution >= 4 is 0 Å². The summed E-state index contributed by atoms with van der Waals surface area (Å²) in [6.45, 7) is 3.23. The second-order valence-corrected chi connectivity index (χ2v) is 4.02. The average molecular weight is 186 g/mol. The third-order valence-corrected chi connectivity index (χ3v) is 3.01. The minimum absolute atomic E-state index is 0.00627. The molecule has 1 atom stereocenters. The van der Waals surface area contributed by atoms with Crippen LogP contribution in [-0.4, -0.2) is 6.54 Å². The molecule has 72 valence electrons. The van der Waals surface area contributed by atoms with Gasteiger partial charge in [-0.15, -0.1) is 0 Å². The summed E-state index contributed by atoms with van der Waals surface area (Å²) in [5.41, 5.74) is 1.94. The first-order chi connectivity index (χ1) is 6.76. The van der Waals surface area contributed by atoms with Crippen molar-refractivity contribution in [3.05, 3.63) is 35.4 Å². The molecule has 0 aliphatic carbocycles. The molecule has 0 amide bonds. The van der Waals surface area contributed by atoms with E-state index in [1.165, 1.54) is 6.42 Å². The van der Waals surface area contributed by atoms with Gasteiger partial charge in [-0.05, 0) is 37.9 Å². The average Bonchev–Trinajstić information content (AvgIpc) is 2.66. The van der Waals surface area contributed by atoms with E-state index >= 15 is 0 Å². The molecule has 0 aromatic heterocycles. The lowest BCUT2D eigenvalue weighted by Gasteiger charge is -2.25. The Morgan fingerprint density at radius 2 is 2.21 bits per heavy atom. The third-order valence-electron chi connectivity index (χ3n) is 3.01. The van der Waals surface area contributed by atoms with Gasteiger partial charge in [-0.2, -0.15) is 5.26 Å². The highest BCUT2D eigenvalue weighted by Crippen LogP contribution is 2.31. The Labute approximate surface area is 84.6 Å². The molecule has 0 spiro atoms. The van der Waals surface area contributed by atoms with Crippen molar-refractivity contribution < 1.29 is 0 Å². The van der Waals surface area contributed by atoms with Gasteiger partial charge in [-0.1, -0.05) is 18.2 Å². The van der Waals surface area contributed by atoms with Crippen LogP contribution in [0.2, 0.25) is 0 Å². The normalized spacial score (nSPS) is 26.0. The molecule has 1 saturated heterocycles. The van der Waals surface area contributed by atoms with Crippen molar-refractivity contribution in [1.29, 1.82) is 5.26 Å². The molecule has 2 heteroatoms. The number of nitriles is 1. The lowest BCUT2D eigenvalue weighted by molar-refractivity contribution is 0.434. The van der Waals surface area contributed by atoms with E-state index in [0.29, 0.717) is 0 Å². The van der Waals surface area contributed by atoms with Gasteiger partial charge in [0.25, 0.3) is 0 Å². The summed E-state index contributed by atoms with van der Waals surface area (Å²) in [4.78, 5) is 0. The smallest absolute Gasteiger partial charge is 0.0995 e. The summed E-state index contributed by atoms with van der Waals surface area (Å²) in [7, 11) is 0. The molecule has 0 bridgehead atoms. The molecule has 0 saturated carbocycles. The largest absolute Gasteiger partial charge is 0.308 e. The zero-order valence-corrected chi connectivity index (χ0v) is 8.38. The Hall–Kier alpha value is -1.33. The van der Waals surface area contributed by atoms with Gasteiger partial charge >= 0.3 is 0 Å².